The van der Waals surface area contributed by atoms with Gasteiger partial charge >= 0.3 is 0 Å². The number of piperidine rings is 1. The van der Waals surface area contributed by atoms with E-state index < -0.39 is 0 Å². The number of ether oxygens (including phenoxy) is 2. The summed E-state index contributed by atoms with van der Waals surface area (Å²) in [5.41, 5.74) is 4.07. The predicted molar refractivity (Wildman–Crippen MR) is 88.3 cm³/mol. The lowest BCUT2D eigenvalue weighted by Gasteiger charge is -2.33. The lowest BCUT2D eigenvalue weighted by atomic mass is 9.83. The molecule has 0 saturated carbocycles. The third kappa shape index (κ3) is 2.58. The molecule has 23 heavy (non-hydrogen) atoms. The summed E-state index contributed by atoms with van der Waals surface area (Å²) >= 11 is 0. The number of carbonyl (C=O) groups excluding carboxylic acids is 1. The van der Waals surface area contributed by atoms with Crippen molar-refractivity contribution in [1.82, 2.24) is 4.90 Å². The van der Waals surface area contributed by atoms with Gasteiger partial charge in [-0.05, 0) is 31.2 Å². The van der Waals surface area contributed by atoms with Gasteiger partial charge in [-0.2, -0.15) is 0 Å². The van der Waals surface area contributed by atoms with Crippen molar-refractivity contribution >= 4 is 5.91 Å². The molecule has 0 N–H and O–H groups in total. The third-order valence-electron chi connectivity index (χ3n) is 5.41. The van der Waals surface area contributed by atoms with Gasteiger partial charge in [-0.15, -0.1) is 0 Å². The van der Waals surface area contributed by atoms with E-state index in [0.717, 1.165) is 69.9 Å². The lowest BCUT2D eigenvalue weighted by Crippen LogP contribution is -2.37. The second-order valence-corrected chi connectivity index (χ2v) is 6.86. The van der Waals surface area contributed by atoms with E-state index in [2.05, 4.69) is 13.0 Å². The molecule has 0 bridgehead atoms. The summed E-state index contributed by atoms with van der Waals surface area (Å²) in [4.78, 5) is 14.1. The number of rotatable bonds is 3. The van der Waals surface area contributed by atoms with Crippen LogP contribution in [0, 0.1) is 0 Å². The Morgan fingerprint density at radius 2 is 2.00 bits per heavy atom. The molecule has 124 valence electrons. The molecule has 1 fully saturated rings. The van der Waals surface area contributed by atoms with Gasteiger partial charge in [0.05, 0.1) is 13.2 Å². The molecule has 0 atom stereocenters. The molecular weight excluding hydrogens is 290 g/mol. The summed E-state index contributed by atoms with van der Waals surface area (Å²) in [6.07, 6.45) is 5.69. The summed E-state index contributed by atoms with van der Waals surface area (Å²) in [6.45, 7) is 5.41. The lowest BCUT2D eigenvalue weighted by molar-refractivity contribution is -0.132. The van der Waals surface area contributed by atoms with Crippen LogP contribution in [0.25, 0.3) is 0 Å². The van der Waals surface area contributed by atoms with Gasteiger partial charge in [0.1, 0.15) is 11.5 Å². The number of hydrogen-bond donors (Lipinski definition) is 0. The zero-order valence-corrected chi connectivity index (χ0v) is 13.9. The van der Waals surface area contributed by atoms with E-state index in [4.69, 9.17) is 9.47 Å². The maximum absolute atomic E-state index is 12.1. The first-order valence-corrected chi connectivity index (χ1v) is 9.00. The molecular formula is C19H25NO3. The Bertz CT molecular complexity index is 585. The first kappa shape index (κ1) is 14.9. The van der Waals surface area contributed by atoms with E-state index in [9.17, 15) is 4.79 Å². The van der Waals surface area contributed by atoms with Crippen LogP contribution in [0.3, 0.4) is 0 Å². The summed E-state index contributed by atoms with van der Waals surface area (Å²) in [5, 5.41) is 0. The van der Waals surface area contributed by atoms with Crippen LogP contribution >= 0.6 is 0 Å². The van der Waals surface area contributed by atoms with Crippen LogP contribution in [0.2, 0.25) is 0 Å². The Labute approximate surface area is 137 Å². The minimum Gasteiger partial charge on any atom is -0.493 e. The van der Waals surface area contributed by atoms with Gasteiger partial charge in [-0.3, -0.25) is 4.79 Å². The fraction of sp³-hybridized carbons (Fsp3) is 0.632. The highest BCUT2D eigenvalue weighted by Crippen LogP contribution is 2.46. The molecule has 4 rings (SSSR count). The van der Waals surface area contributed by atoms with Crippen LogP contribution in [-0.2, 0) is 17.6 Å². The number of fused-ring (bicyclic) bond motifs is 2. The third-order valence-corrected chi connectivity index (χ3v) is 5.41. The SMILES string of the molecule is CCCC(=O)N1CCC(c2c3c(cc4c2OCC4)OCC3)CC1. The molecule has 1 aromatic carbocycles. The van der Waals surface area contributed by atoms with E-state index in [1.165, 1.54) is 16.7 Å². The van der Waals surface area contributed by atoms with E-state index in [1.54, 1.807) is 0 Å². The van der Waals surface area contributed by atoms with Crippen LogP contribution < -0.4 is 9.47 Å². The van der Waals surface area contributed by atoms with Crippen LogP contribution in [0.4, 0.5) is 0 Å². The van der Waals surface area contributed by atoms with Gasteiger partial charge in [0.15, 0.2) is 0 Å². The molecule has 0 radical (unpaired) electrons. The quantitative estimate of drug-likeness (QED) is 0.860. The summed E-state index contributed by atoms with van der Waals surface area (Å²) < 4.78 is 11.8. The highest BCUT2D eigenvalue weighted by Gasteiger charge is 2.33. The molecule has 4 heteroatoms. The largest absolute Gasteiger partial charge is 0.493 e. The van der Waals surface area contributed by atoms with Gasteiger partial charge in [-0.1, -0.05) is 6.92 Å². The molecule has 3 aliphatic rings. The minimum atomic E-state index is 0.314. The number of hydrogen-bond acceptors (Lipinski definition) is 3. The van der Waals surface area contributed by atoms with E-state index >= 15 is 0 Å². The van der Waals surface area contributed by atoms with Gasteiger partial charge in [0.2, 0.25) is 5.91 Å². The molecule has 0 unspecified atom stereocenters. The number of carbonyl (C=O) groups is 1. The van der Waals surface area contributed by atoms with Crippen molar-refractivity contribution in [2.45, 2.75) is 51.4 Å². The van der Waals surface area contributed by atoms with Gasteiger partial charge in [-0.25, -0.2) is 0 Å². The van der Waals surface area contributed by atoms with Crippen molar-refractivity contribution in [3.63, 3.8) is 0 Å². The van der Waals surface area contributed by atoms with E-state index in [-0.39, 0.29) is 0 Å². The standard InChI is InChI=1S/C19H25NO3/c1-2-3-17(21)20-8-4-13(5-9-20)18-15-7-11-22-16(15)12-14-6-10-23-19(14)18/h12-13H,2-11H2,1H3. The predicted octanol–water partition coefficient (Wildman–Crippen LogP) is 3.06. The molecule has 3 aliphatic heterocycles. The first-order chi connectivity index (χ1) is 11.3. The van der Waals surface area contributed by atoms with Gasteiger partial charge in [0, 0.05) is 49.0 Å². The van der Waals surface area contributed by atoms with Crippen LogP contribution in [-0.4, -0.2) is 37.1 Å². The fourth-order valence-electron chi connectivity index (χ4n) is 4.24. The summed E-state index contributed by atoms with van der Waals surface area (Å²) in [5.74, 6) is 3.03. The Morgan fingerprint density at radius 1 is 1.22 bits per heavy atom. The van der Waals surface area contributed by atoms with Crippen LogP contribution in [0.5, 0.6) is 11.5 Å². The number of benzene rings is 1. The van der Waals surface area contributed by atoms with E-state index in [1.807, 2.05) is 4.90 Å². The topological polar surface area (TPSA) is 38.8 Å². The Balaban J connectivity index is 1.57. The number of likely N-dealkylation sites (tertiary alicyclic amines) is 1. The zero-order chi connectivity index (χ0) is 15.8. The van der Waals surface area contributed by atoms with Gasteiger partial charge < -0.3 is 14.4 Å². The molecule has 0 spiro atoms. The molecule has 3 heterocycles. The monoisotopic (exact) mass is 315 g/mol. The molecule has 4 nitrogen and oxygen atoms in total. The van der Waals surface area contributed by atoms with Crippen molar-refractivity contribution in [2.24, 2.45) is 0 Å². The Kier molecular flexibility index (Phi) is 3.92. The molecule has 0 aliphatic carbocycles. The summed E-state index contributed by atoms with van der Waals surface area (Å²) in [6, 6.07) is 2.19. The van der Waals surface area contributed by atoms with Crippen molar-refractivity contribution in [3.05, 3.63) is 22.8 Å². The maximum Gasteiger partial charge on any atom is 0.222 e. The normalized spacial score (nSPS) is 20.0. The fourth-order valence-corrected chi connectivity index (χ4v) is 4.24. The Hall–Kier alpha value is -1.71. The molecule has 1 aromatic rings. The highest BCUT2D eigenvalue weighted by atomic mass is 16.5. The smallest absolute Gasteiger partial charge is 0.222 e. The average molecular weight is 315 g/mol. The number of nitrogens with zero attached hydrogens (tertiary/aromatic N) is 1. The minimum absolute atomic E-state index is 0.314. The van der Waals surface area contributed by atoms with Gasteiger partial charge in [0.25, 0.3) is 0 Å². The second kappa shape index (κ2) is 6.06. The second-order valence-electron chi connectivity index (χ2n) is 6.86. The molecule has 1 amide bonds. The average Bonchev–Trinajstić information content (AvgIpc) is 3.21. The number of amides is 1. The van der Waals surface area contributed by atoms with Crippen molar-refractivity contribution in [2.75, 3.05) is 26.3 Å². The van der Waals surface area contributed by atoms with Crippen molar-refractivity contribution in [3.8, 4) is 11.5 Å². The molecule has 0 aromatic heterocycles. The maximum atomic E-state index is 12.1. The summed E-state index contributed by atoms with van der Waals surface area (Å²) in [7, 11) is 0. The zero-order valence-electron chi connectivity index (χ0n) is 13.9. The van der Waals surface area contributed by atoms with Crippen molar-refractivity contribution < 1.29 is 14.3 Å². The van der Waals surface area contributed by atoms with Crippen LogP contribution in [0.15, 0.2) is 6.07 Å². The van der Waals surface area contributed by atoms with Crippen LogP contribution in [0.1, 0.15) is 55.2 Å². The Morgan fingerprint density at radius 3 is 2.78 bits per heavy atom. The van der Waals surface area contributed by atoms with E-state index in [0.29, 0.717) is 18.2 Å². The van der Waals surface area contributed by atoms with Crippen molar-refractivity contribution in [1.29, 1.82) is 0 Å². The molecule has 1 saturated heterocycles. The highest BCUT2D eigenvalue weighted by molar-refractivity contribution is 5.76. The first-order valence-electron chi connectivity index (χ1n) is 9.00.